The average molecular weight is 424 g/mol. The number of aryl methyl sites for hydroxylation is 3. The maximum Gasteiger partial charge on any atom is 0.287 e. The van der Waals surface area contributed by atoms with Gasteiger partial charge in [0.2, 0.25) is 0 Å². The van der Waals surface area contributed by atoms with Crippen molar-refractivity contribution < 1.29 is 13.6 Å². The zero-order chi connectivity index (χ0) is 22.1. The van der Waals surface area contributed by atoms with Crippen molar-refractivity contribution in [1.82, 2.24) is 15.1 Å². The third-order valence-electron chi connectivity index (χ3n) is 5.91. The summed E-state index contributed by atoms with van der Waals surface area (Å²) in [6.07, 6.45) is 0. The van der Waals surface area contributed by atoms with E-state index >= 15 is 0 Å². The molecule has 31 heavy (non-hydrogen) atoms. The fourth-order valence-corrected chi connectivity index (χ4v) is 4.17. The van der Waals surface area contributed by atoms with Crippen molar-refractivity contribution in [2.75, 3.05) is 39.8 Å². The van der Waals surface area contributed by atoms with Gasteiger partial charge in [-0.05, 0) is 57.1 Å². The molecule has 0 aliphatic carbocycles. The van der Waals surface area contributed by atoms with Crippen LogP contribution < -0.4 is 10.7 Å². The van der Waals surface area contributed by atoms with Gasteiger partial charge in [-0.1, -0.05) is 6.07 Å². The van der Waals surface area contributed by atoms with Crippen molar-refractivity contribution in [1.29, 1.82) is 0 Å². The van der Waals surface area contributed by atoms with E-state index in [4.69, 9.17) is 8.83 Å². The summed E-state index contributed by atoms with van der Waals surface area (Å²) in [4.78, 5) is 30.1. The molecule has 0 unspecified atom stereocenters. The van der Waals surface area contributed by atoms with Gasteiger partial charge in [-0.3, -0.25) is 14.5 Å². The summed E-state index contributed by atoms with van der Waals surface area (Å²) in [5, 5.41) is 3.45. The summed E-state index contributed by atoms with van der Waals surface area (Å²) in [6.45, 7) is 9.79. The summed E-state index contributed by atoms with van der Waals surface area (Å²) in [5.41, 5.74) is 2.07. The zero-order valence-electron chi connectivity index (χ0n) is 18.5. The third-order valence-corrected chi connectivity index (χ3v) is 5.91. The molecule has 1 aliphatic heterocycles. The molecule has 1 N–H and O–H groups in total. The summed E-state index contributed by atoms with van der Waals surface area (Å²) in [5.74, 6) is 1.29. The minimum atomic E-state index is -0.401. The second-order valence-corrected chi connectivity index (χ2v) is 8.45. The number of likely N-dealkylation sites (N-methyl/N-ethyl adjacent to an activating group) is 1. The van der Waals surface area contributed by atoms with Gasteiger partial charge in [-0.25, -0.2) is 0 Å². The lowest BCUT2D eigenvalue weighted by Crippen LogP contribution is -2.48. The van der Waals surface area contributed by atoms with E-state index in [-0.39, 0.29) is 17.2 Å². The standard InChI is InChI=1S/C24H29N3O4/c1-15-11-16(2)23-18(12-15)20(28)13-22(31-23)24(29)25-14-19(21-6-5-17(3)30-21)27-9-7-26(4)8-10-27/h5-6,11-13,19H,7-10,14H2,1-4H3,(H,25,29)/t19-/m0/s1. The van der Waals surface area contributed by atoms with Crippen molar-refractivity contribution in [3.05, 3.63) is 69.0 Å². The Morgan fingerprint density at radius 3 is 2.48 bits per heavy atom. The lowest BCUT2D eigenvalue weighted by Gasteiger charge is -2.37. The topological polar surface area (TPSA) is 78.9 Å². The van der Waals surface area contributed by atoms with Crippen molar-refractivity contribution in [3.63, 3.8) is 0 Å². The predicted octanol–water partition coefficient (Wildman–Crippen LogP) is 3.03. The molecule has 0 radical (unpaired) electrons. The largest absolute Gasteiger partial charge is 0.465 e. The highest BCUT2D eigenvalue weighted by Crippen LogP contribution is 2.24. The number of hydrogen-bond donors (Lipinski definition) is 1. The third kappa shape index (κ3) is 4.57. The van der Waals surface area contributed by atoms with E-state index in [1.807, 2.05) is 39.0 Å². The molecule has 3 heterocycles. The van der Waals surface area contributed by atoms with Crippen LogP contribution in [-0.2, 0) is 0 Å². The Bertz CT molecular complexity index is 1160. The van der Waals surface area contributed by atoms with Gasteiger partial charge in [0, 0.05) is 38.8 Å². The average Bonchev–Trinajstić information content (AvgIpc) is 3.16. The van der Waals surface area contributed by atoms with Gasteiger partial charge < -0.3 is 19.1 Å². The normalized spacial score (nSPS) is 16.5. The lowest BCUT2D eigenvalue weighted by molar-refractivity contribution is 0.0830. The van der Waals surface area contributed by atoms with Gasteiger partial charge in [0.15, 0.2) is 11.2 Å². The molecule has 3 aromatic rings. The van der Waals surface area contributed by atoms with Crippen molar-refractivity contribution >= 4 is 16.9 Å². The summed E-state index contributed by atoms with van der Waals surface area (Å²) >= 11 is 0. The highest BCUT2D eigenvalue weighted by Gasteiger charge is 2.27. The van der Waals surface area contributed by atoms with Crippen molar-refractivity contribution in [2.45, 2.75) is 26.8 Å². The first-order valence-corrected chi connectivity index (χ1v) is 10.6. The van der Waals surface area contributed by atoms with E-state index < -0.39 is 5.91 Å². The van der Waals surface area contributed by atoms with Crippen LogP contribution in [0.2, 0.25) is 0 Å². The first-order valence-electron chi connectivity index (χ1n) is 10.6. The van der Waals surface area contributed by atoms with Crippen LogP contribution in [0.15, 0.2) is 44.0 Å². The Balaban J connectivity index is 1.56. The summed E-state index contributed by atoms with van der Waals surface area (Å²) in [6, 6.07) is 8.83. The molecule has 4 rings (SSSR count). The fourth-order valence-electron chi connectivity index (χ4n) is 4.17. The first-order chi connectivity index (χ1) is 14.8. The molecule has 1 aromatic carbocycles. The molecule has 0 saturated carbocycles. The van der Waals surface area contributed by atoms with E-state index in [0.29, 0.717) is 17.5 Å². The van der Waals surface area contributed by atoms with Crippen LogP contribution in [0.3, 0.4) is 0 Å². The Morgan fingerprint density at radius 2 is 1.81 bits per heavy atom. The van der Waals surface area contributed by atoms with E-state index in [2.05, 4.69) is 22.2 Å². The first kappa shape index (κ1) is 21.3. The molecule has 2 aromatic heterocycles. The van der Waals surface area contributed by atoms with Gasteiger partial charge in [0.05, 0.1) is 11.4 Å². The molecular formula is C24H29N3O4. The predicted molar refractivity (Wildman–Crippen MR) is 120 cm³/mol. The van der Waals surface area contributed by atoms with Crippen LogP contribution in [0.5, 0.6) is 0 Å². The zero-order valence-corrected chi connectivity index (χ0v) is 18.5. The number of piperazine rings is 1. The number of carbonyl (C=O) groups is 1. The van der Waals surface area contributed by atoms with Crippen LogP contribution in [0, 0.1) is 20.8 Å². The van der Waals surface area contributed by atoms with Gasteiger partial charge in [-0.2, -0.15) is 0 Å². The monoisotopic (exact) mass is 423 g/mol. The quantitative estimate of drug-likeness (QED) is 0.680. The number of carbonyl (C=O) groups excluding carboxylic acids is 1. The highest BCUT2D eigenvalue weighted by atomic mass is 16.3. The van der Waals surface area contributed by atoms with Gasteiger partial charge in [0.1, 0.15) is 17.1 Å². The number of furan rings is 1. The molecule has 1 amide bonds. The van der Waals surface area contributed by atoms with E-state index in [1.54, 1.807) is 6.07 Å². The number of nitrogens with one attached hydrogen (secondary N) is 1. The molecule has 1 aliphatic rings. The second-order valence-electron chi connectivity index (χ2n) is 8.45. The van der Waals surface area contributed by atoms with Crippen LogP contribution in [0.4, 0.5) is 0 Å². The minimum Gasteiger partial charge on any atom is -0.465 e. The molecule has 0 bridgehead atoms. The van der Waals surface area contributed by atoms with E-state index in [0.717, 1.165) is 48.8 Å². The van der Waals surface area contributed by atoms with E-state index in [1.165, 1.54) is 6.07 Å². The van der Waals surface area contributed by atoms with Crippen LogP contribution >= 0.6 is 0 Å². The van der Waals surface area contributed by atoms with Crippen LogP contribution in [0.1, 0.15) is 39.2 Å². The number of amides is 1. The summed E-state index contributed by atoms with van der Waals surface area (Å²) in [7, 11) is 2.11. The number of rotatable bonds is 5. The summed E-state index contributed by atoms with van der Waals surface area (Å²) < 4.78 is 11.7. The van der Waals surface area contributed by atoms with Gasteiger partial charge >= 0.3 is 0 Å². The van der Waals surface area contributed by atoms with Crippen LogP contribution in [0.25, 0.3) is 11.0 Å². The minimum absolute atomic E-state index is 0.0252. The molecule has 7 heteroatoms. The Labute approximate surface area is 181 Å². The van der Waals surface area contributed by atoms with Crippen LogP contribution in [-0.4, -0.2) is 55.5 Å². The smallest absolute Gasteiger partial charge is 0.287 e. The Hall–Kier alpha value is -2.90. The number of fused-ring (bicyclic) bond motifs is 1. The molecule has 164 valence electrons. The SMILES string of the molecule is Cc1cc(C)c2oc(C(=O)NC[C@@H](c3ccc(C)o3)N3CCN(C)CC3)cc(=O)c2c1. The molecular weight excluding hydrogens is 394 g/mol. The molecule has 7 nitrogen and oxygen atoms in total. The highest BCUT2D eigenvalue weighted by molar-refractivity contribution is 5.93. The molecule has 0 spiro atoms. The molecule has 1 atom stereocenters. The number of hydrogen-bond acceptors (Lipinski definition) is 6. The van der Waals surface area contributed by atoms with E-state index in [9.17, 15) is 9.59 Å². The maximum atomic E-state index is 12.9. The lowest BCUT2D eigenvalue weighted by atomic mass is 10.1. The molecule has 1 fully saturated rings. The van der Waals surface area contributed by atoms with Crippen molar-refractivity contribution in [2.24, 2.45) is 0 Å². The van der Waals surface area contributed by atoms with Crippen molar-refractivity contribution in [3.8, 4) is 0 Å². The fraction of sp³-hybridized carbons (Fsp3) is 0.417. The number of nitrogens with zero attached hydrogens (tertiary/aromatic N) is 2. The number of benzene rings is 1. The maximum absolute atomic E-state index is 12.9. The Kier molecular flexibility index (Phi) is 5.98. The molecule has 1 saturated heterocycles. The second kappa shape index (κ2) is 8.69. The van der Waals surface area contributed by atoms with Gasteiger partial charge in [-0.15, -0.1) is 0 Å². The Morgan fingerprint density at radius 1 is 1.06 bits per heavy atom. The van der Waals surface area contributed by atoms with Gasteiger partial charge in [0.25, 0.3) is 5.91 Å².